The number of anilines is 1. The largest absolute Gasteiger partial charge is 0.441 e. The molecule has 30 heavy (non-hydrogen) atoms. The molecule has 0 N–H and O–H groups in total. The summed E-state index contributed by atoms with van der Waals surface area (Å²) in [5.74, 6) is 2.26. The highest BCUT2D eigenvalue weighted by Gasteiger charge is 2.33. The third-order valence-electron chi connectivity index (χ3n) is 4.95. The predicted molar refractivity (Wildman–Crippen MR) is 108 cm³/mol. The Balaban J connectivity index is 1.45. The van der Waals surface area contributed by atoms with Crippen LogP contribution in [0.1, 0.15) is 12.8 Å². The molecule has 2 fully saturated rings. The Morgan fingerprint density at radius 2 is 1.93 bits per heavy atom. The van der Waals surface area contributed by atoms with Crippen LogP contribution in [-0.4, -0.2) is 76.8 Å². The Morgan fingerprint density at radius 3 is 2.53 bits per heavy atom. The molecule has 2 saturated heterocycles. The molecule has 0 bridgehead atoms. The summed E-state index contributed by atoms with van der Waals surface area (Å²) in [4.78, 5) is 27.2. The lowest BCUT2D eigenvalue weighted by atomic mass is 10.1. The highest BCUT2D eigenvalue weighted by Crippen LogP contribution is 2.24. The van der Waals surface area contributed by atoms with Crippen LogP contribution >= 0.6 is 0 Å². The van der Waals surface area contributed by atoms with E-state index in [0.717, 1.165) is 6.26 Å². The van der Waals surface area contributed by atoms with Crippen LogP contribution in [0.4, 0.5) is 15.3 Å². The number of amides is 2. The van der Waals surface area contributed by atoms with Crippen LogP contribution in [0.15, 0.2) is 29.2 Å². The maximum absolute atomic E-state index is 12.2. The minimum atomic E-state index is -3.30. The minimum Gasteiger partial charge on any atom is -0.441 e. The number of nitrogens with zero attached hydrogens (tertiary/aromatic N) is 2. The van der Waals surface area contributed by atoms with Crippen LogP contribution in [0.2, 0.25) is 0 Å². The third-order valence-corrected chi connectivity index (χ3v) is 6.08. The molecule has 9 nitrogen and oxygen atoms in total. The first-order valence-electron chi connectivity index (χ1n) is 9.53. The summed E-state index contributed by atoms with van der Waals surface area (Å²) in [6, 6.07) is 6.08. The van der Waals surface area contributed by atoms with Gasteiger partial charge in [0.15, 0.2) is 16.4 Å². The lowest BCUT2D eigenvalue weighted by Gasteiger charge is -2.31. The Bertz CT molecular complexity index is 915. The normalized spacial score (nSPS) is 20.0. The molecule has 0 aromatic heterocycles. The van der Waals surface area contributed by atoms with Crippen molar-refractivity contribution in [2.24, 2.45) is 0 Å². The van der Waals surface area contributed by atoms with Crippen molar-refractivity contribution in [2.45, 2.75) is 29.9 Å². The molecule has 0 saturated carbocycles. The summed E-state index contributed by atoms with van der Waals surface area (Å²) < 4.78 is 39.3. The number of ether oxygens (including phenoxy) is 3. The molecule has 2 heterocycles. The zero-order valence-electron chi connectivity index (χ0n) is 16.7. The van der Waals surface area contributed by atoms with E-state index in [1.54, 1.807) is 17.0 Å². The van der Waals surface area contributed by atoms with Gasteiger partial charge in [-0.1, -0.05) is 5.92 Å². The molecule has 2 aliphatic rings. The van der Waals surface area contributed by atoms with E-state index in [1.165, 1.54) is 17.0 Å². The monoisotopic (exact) mass is 436 g/mol. The summed E-state index contributed by atoms with van der Waals surface area (Å²) in [6.45, 7) is 1.54. The number of benzene rings is 1. The lowest BCUT2D eigenvalue weighted by molar-refractivity contribution is -0.0264. The Kier molecular flexibility index (Phi) is 6.84. The van der Waals surface area contributed by atoms with Crippen molar-refractivity contribution >= 4 is 27.7 Å². The number of cyclic esters (lactones) is 1. The molecule has 1 aromatic rings. The van der Waals surface area contributed by atoms with Crippen molar-refractivity contribution in [1.29, 1.82) is 0 Å². The molecule has 10 heteroatoms. The quantitative estimate of drug-likeness (QED) is 0.625. The number of hydrogen-bond donors (Lipinski definition) is 0. The molecule has 2 amide bonds. The average molecular weight is 436 g/mol. The fourth-order valence-electron chi connectivity index (χ4n) is 3.34. The SMILES string of the molecule is C#CCOC(=O)N1CCC(OCC2CN(c3ccc(S(C)(=O)=O)cc3)C(=O)O2)CC1. The van der Waals surface area contributed by atoms with Crippen LogP contribution in [0, 0.1) is 12.3 Å². The zero-order chi connectivity index (χ0) is 21.7. The van der Waals surface area contributed by atoms with Crippen molar-refractivity contribution in [2.75, 3.05) is 44.0 Å². The molecule has 3 rings (SSSR count). The van der Waals surface area contributed by atoms with Gasteiger partial charge in [0.2, 0.25) is 0 Å². The van der Waals surface area contributed by atoms with Gasteiger partial charge in [0.1, 0.15) is 6.10 Å². The number of likely N-dealkylation sites (tertiary alicyclic amines) is 1. The van der Waals surface area contributed by atoms with E-state index in [4.69, 9.17) is 20.6 Å². The van der Waals surface area contributed by atoms with Crippen LogP contribution in [0.3, 0.4) is 0 Å². The first-order chi connectivity index (χ1) is 14.3. The standard InChI is InChI=1S/C20H24N2O7S/c1-3-12-27-19(23)21-10-8-16(9-11-21)28-14-17-13-22(20(24)29-17)15-4-6-18(7-5-15)30(2,25)26/h1,4-7,16-17H,8-14H2,2H3. The molecule has 0 spiro atoms. The molecular formula is C20H24N2O7S. The summed E-state index contributed by atoms with van der Waals surface area (Å²) >= 11 is 0. The van der Waals surface area contributed by atoms with Gasteiger partial charge in [0, 0.05) is 25.0 Å². The van der Waals surface area contributed by atoms with Gasteiger partial charge in [0.05, 0.1) is 24.2 Å². The van der Waals surface area contributed by atoms with Gasteiger partial charge in [-0.25, -0.2) is 18.0 Å². The van der Waals surface area contributed by atoms with Gasteiger partial charge in [-0.2, -0.15) is 0 Å². The molecular weight excluding hydrogens is 412 g/mol. The van der Waals surface area contributed by atoms with Gasteiger partial charge in [0.25, 0.3) is 0 Å². The van der Waals surface area contributed by atoms with E-state index in [9.17, 15) is 18.0 Å². The minimum absolute atomic E-state index is 0.0384. The molecule has 1 unspecified atom stereocenters. The topological polar surface area (TPSA) is 102 Å². The Hall–Kier alpha value is -2.77. The molecule has 1 atom stereocenters. The number of carbonyl (C=O) groups is 2. The molecule has 162 valence electrons. The van der Waals surface area contributed by atoms with E-state index in [-0.39, 0.29) is 24.2 Å². The van der Waals surface area contributed by atoms with Crippen molar-refractivity contribution in [3.8, 4) is 12.3 Å². The number of rotatable bonds is 6. The van der Waals surface area contributed by atoms with Crippen molar-refractivity contribution in [1.82, 2.24) is 4.90 Å². The van der Waals surface area contributed by atoms with Gasteiger partial charge in [-0.3, -0.25) is 4.90 Å². The number of piperidine rings is 1. The summed E-state index contributed by atoms with van der Waals surface area (Å²) in [5, 5.41) is 0. The highest BCUT2D eigenvalue weighted by atomic mass is 32.2. The van der Waals surface area contributed by atoms with Crippen molar-refractivity contribution in [3.63, 3.8) is 0 Å². The van der Waals surface area contributed by atoms with Gasteiger partial charge in [-0.05, 0) is 37.1 Å². The van der Waals surface area contributed by atoms with E-state index in [1.807, 2.05) is 0 Å². The van der Waals surface area contributed by atoms with E-state index in [2.05, 4.69) is 5.92 Å². The van der Waals surface area contributed by atoms with Gasteiger partial charge < -0.3 is 19.1 Å². The molecule has 0 radical (unpaired) electrons. The second kappa shape index (κ2) is 9.36. The molecule has 2 aliphatic heterocycles. The number of terminal acetylenes is 1. The number of hydrogen-bond acceptors (Lipinski definition) is 7. The molecule has 1 aromatic carbocycles. The van der Waals surface area contributed by atoms with Crippen molar-refractivity contribution < 1.29 is 32.2 Å². The number of carbonyl (C=O) groups excluding carboxylic acids is 2. The Morgan fingerprint density at radius 1 is 1.27 bits per heavy atom. The van der Waals surface area contributed by atoms with Gasteiger partial charge in [-0.15, -0.1) is 6.42 Å². The fraction of sp³-hybridized carbons (Fsp3) is 0.500. The highest BCUT2D eigenvalue weighted by molar-refractivity contribution is 7.90. The maximum Gasteiger partial charge on any atom is 0.414 e. The zero-order valence-corrected chi connectivity index (χ0v) is 17.5. The Labute approximate surface area is 175 Å². The lowest BCUT2D eigenvalue weighted by Crippen LogP contribution is -2.41. The average Bonchev–Trinajstić information content (AvgIpc) is 3.11. The maximum atomic E-state index is 12.2. The number of sulfone groups is 1. The summed E-state index contributed by atoms with van der Waals surface area (Å²) in [7, 11) is -3.30. The van der Waals surface area contributed by atoms with Crippen LogP contribution in [0.5, 0.6) is 0 Å². The smallest absolute Gasteiger partial charge is 0.414 e. The second-order valence-electron chi connectivity index (χ2n) is 7.16. The molecule has 0 aliphatic carbocycles. The second-order valence-corrected chi connectivity index (χ2v) is 9.18. The fourth-order valence-corrected chi connectivity index (χ4v) is 3.97. The first kappa shape index (κ1) is 21.9. The summed E-state index contributed by atoms with van der Waals surface area (Å²) in [6.07, 6.45) is 6.13. The van der Waals surface area contributed by atoms with E-state index < -0.39 is 28.1 Å². The van der Waals surface area contributed by atoms with E-state index in [0.29, 0.717) is 38.2 Å². The van der Waals surface area contributed by atoms with Crippen LogP contribution < -0.4 is 4.90 Å². The van der Waals surface area contributed by atoms with Crippen LogP contribution in [-0.2, 0) is 24.0 Å². The van der Waals surface area contributed by atoms with E-state index >= 15 is 0 Å². The van der Waals surface area contributed by atoms with Crippen LogP contribution in [0.25, 0.3) is 0 Å². The van der Waals surface area contributed by atoms with Crippen molar-refractivity contribution in [3.05, 3.63) is 24.3 Å². The third kappa shape index (κ3) is 5.43. The first-order valence-corrected chi connectivity index (χ1v) is 11.4. The predicted octanol–water partition coefficient (Wildman–Crippen LogP) is 1.67. The van der Waals surface area contributed by atoms with Gasteiger partial charge >= 0.3 is 12.2 Å². The summed E-state index contributed by atoms with van der Waals surface area (Å²) in [5.41, 5.74) is 0.564.